The van der Waals surface area contributed by atoms with Gasteiger partial charge < -0.3 is 10.3 Å². The monoisotopic (exact) mass is 324 g/mol. The molecule has 2 heterocycles. The zero-order chi connectivity index (χ0) is 15.7. The lowest BCUT2D eigenvalue weighted by Gasteiger charge is -2.22. The van der Waals surface area contributed by atoms with E-state index in [1.165, 1.54) is 6.07 Å². The smallest absolute Gasteiger partial charge is 0.290 e. The highest BCUT2D eigenvalue weighted by Gasteiger charge is 2.32. The number of carbonyl (C=O) groups is 1. The summed E-state index contributed by atoms with van der Waals surface area (Å²) in [5.74, 6) is -0.914. The van der Waals surface area contributed by atoms with E-state index in [-0.39, 0.29) is 17.7 Å². The van der Waals surface area contributed by atoms with Crippen molar-refractivity contribution in [2.24, 2.45) is 5.73 Å². The van der Waals surface area contributed by atoms with Crippen LogP contribution in [0.1, 0.15) is 41.0 Å². The van der Waals surface area contributed by atoms with E-state index in [0.29, 0.717) is 23.0 Å². The fourth-order valence-electron chi connectivity index (χ4n) is 2.65. The number of likely N-dealkylation sites (tertiary alicyclic amines) is 1. The van der Waals surface area contributed by atoms with E-state index in [0.717, 1.165) is 19.4 Å². The van der Waals surface area contributed by atoms with Crippen molar-refractivity contribution in [2.45, 2.75) is 25.4 Å². The molecule has 0 saturated carbocycles. The molecule has 116 valence electrons. The zero-order valence-corrected chi connectivity index (χ0v) is 12.4. The molecule has 1 aromatic heterocycles. The van der Waals surface area contributed by atoms with Crippen LogP contribution < -0.4 is 5.73 Å². The average molecular weight is 325 g/mol. The fourth-order valence-corrected chi connectivity index (χ4v) is 2.87. The van der Waals surface area contributed by atoms with E-state index in [1.54, 1.807) is 12.1 Å². The number of rotatable bonds is 4. The highest BCUT2D eigenvalue weighted by Crippen LogP contribution is 2.33. The van der Waals surface area contributed by atoms with Gasteiger partial charge in [-0.05, 0) is 31.5 Å². The number of hydrogen-bond acceptors (Lipinski definition) is 5. The molecule has 0 bridgehead atoms. The molecule has 22 heavy (non-hydrogen) atoms. The van der Waals surface area contributed by atoms with Crippen LogP contribution in [0.15, 0.2) is 22.7 Å². The van der Waals surface area contributed by atoms with Crippen molar-refractivity contribution in [1.82, 2.24) is 15.0 Å². The van der Waals surface area contributed by atoms with Crippen LogP contribution in [-0.4, -0.2) is 27.5 Å². The van der Waals surface area contributed by atoms with Crippen LogP contribution in [0.5, 0.6) is 0 Å². The Hall–Kier alpha value is -1.99. The molecule has 8 heteroatoms. The Labute approximate surface area is 131 Å². The Morgan fingerprint density at radius 2 is 2.36 bits per heavy atom. The van der Waals surface area contributed by atoms with Gasteiger partial charge in [0.2, 0.25) is 5.89 Å². The summed E-state index contributed by atoms with van der Waals surface area (Å²) >= 11 is 6.07. The largest absolute Gasteiger partial charge is 0.363 e. The first-order valence-electron chi connectivity index (χ1n) is 6.86. The van der Waals surface area contributed by atoms with Crippen molar-refractivity contribution in [3.05, 3.63) is 46.3 Å². The van der Waals surface area contributed by atoms with Gasteiger partial charge in [0, 0.05) is 17.1 Å². The van der Waals surface area contributed by atoms with Gasteiger partial charge >= 0.3 is 0 Å². The van der Waals surface area contributed by atoms with E-state index in [9.17, 15) is 9.18 Å². The first kappa shape index (κ1) is 14.9. The van der Waals surface area contributed by atoms with Gasteiger partial charge in [0.1, 0.15) is 5.82 Å². The lowest BCUT2D eigenvalue weighted by Crippen LogP contribution is -2.24. The number of carbonyl (C=O) groups excluding carboxylic acids is 1. The number of aromatic nitrogens is 2. The molecular formula is C14H14ClFN4O2. The molecule has 2 N–H and O–H groups in total. The van der Waals surface area contributed by atoms with E-state index in [2.05, 4.69) is 10.1 Å². The van der Waals surface area contributed by atoms with Crippen molar-refractivity contribution >= 4 is 17.5 Å². The fraction of sp³-hybridized carbons (Fsp3) is 0.357. The highest BCUT2D eigenvalue weighted by molar-refractivity contribution is 6.31. The maximum Gasteiger partial charge on any atom is 0.290 e. The molecule has 0 radical (unpaired) electrons. The van der Waals surface area contributed by atoms with Gasteiger partial charge in [0.25, 0.3) is 11.7 Å². The average Bonchev–Trinajstić information content (AvgIpc) is 3.11. The van der Waals surface area contributed by atoms with E-state index in [4.69, 9.17) is 21.9 Å². The number of primary amides is 1. The maximum atomic E-state index is 13.9. The SMILES string of the molecule is NC(=O)c1noc([C@@H]2CCCN2Cc2c(F)cccc2Cl)n1. The minimum Gasteiger partial charge on any atom is -0.363 e. The number of amides is 1. The third-order valence-corrected chi connectivity index (χ3v) is 4.09. The molecule has 1 amide bonds. The predicted octanol–water partition coefficient (Wildman–Crippen LogP) is 2.30. The Bertz CT molecular complexity index is 686. The molecule has 1 saturated heterocycles. The minimum atomic E-state index is -0.739. The van der Waals surface area contributed by atoms with Crippen molar-refractivity contribution in [3.8, 4) is 0 Å². The molecule has 2 aromatic rings. The highest BCUT2D eigenvalue weighted by atomic mass is 35.5. The summed E-state index contributed by atoms with van der Waals surface area (Å²) in [6, 6.07) is 4.43. The summed E-state index contributed by atoms with van der Waals surface area (Å²) in [7, 11) is 0. The van der Waals surface area contributed by atoms with E-state index < -0.39 is 5.91 Å². The Kier molecular flexibility index (Phi) is 4.08. The molecule has 1 aliphatic rings. The lowest BCUT2D eigenvalue weighted by atomic mass is 10.1. The minimum absolute atomic E-state index is 0.147. The third-order valence-electron chi connectivity index (χ3n) is 3.73. The summed E-state index contributed by atoms with van der Waals surface area (Å²) in [5.41, 5.74) is 5.55. The van der Waals surface area contributed by atoms with Gasteiger partial charge in [-0.15, -0.1) is 0 Å². The molecule has 6 nitrogen and oxygen atoms in total. The van der Waals surface area contributed by atoms with Crippen molar-refractivity contribution in [2.75, 3.05) is 6.54 Å². The summed E-state index contributed by atoms with van der Waals surface area (Å²) in [5, 5.41) is 3.93. The first-order valence-corrected chi connectivity index (χ1v) is 7.24. The van der Waals surface area contributed by atoms with Crippen molar-refractivity contribution in [1.29, 1.82) is 0 Å². The van der Waals surface area contributed by atoms with Gasteiger partial charge in [-0.25, -0.2) is 4.39 Å². The quantitative estimate of drug-likeness (QED) is 0.932. The normalized spacial score (nSPS) is 18.7. The summed E-state index contributed by atoms with van der Waals surface area (Å²) in [6.45, 7) is 1.09. The second kappa shape index (κ2) is 6.02. The van der Waals surface area contributed by atoms with Crippen LogP contribution in [0.2, 0.25) is 5.02 Å². The van der Waals surface area contributed by atoms with Crippen molar-refractivity contribution < 1.29 is 13.7 Å². The standard InChI is InChI=1S/C14H14ClFN4O2/c15-9-3-1-4-10(16)8(9)7-20-6-2-5-11(20)14-18-13(12(17)21)19-22-14/h1,3-4,11H,2,5-7H2,(H2,17,21)/t11-/m0/s1. The molecule has 1 aliphatic heterocycles. The van der Waals surface area contributed by atoms with Gasteiger partial charge in [-0.2, -0.15) is 4.98 Å². The Morgan fingerprint density at radius 1 is 1.55 bits per heavy atom. The van der Waals surface area contributed by atoms with Crippen LogP contribution in [0.25, 0.3) is 0 Å². The molecule has 0 unspecified atom stereocenters. The Balaban J connectivity index is 1.82. The summed E-state index contributed by atoms with van der Waals surface area (Å²) < 4.78 is 19.0. The van der Waals surface area contributed by atoms with Gasteiger partial charge in [0.15, 0.2) is 0 Å². The number of nitrogens with two attached hydrogens (primary N) is 1. The molecule has 1 aromatic carbocycles. The van der Waals surface area contributed by atoms with Gasteiger partial charge in [-0.1, -0.05) is 22.8 Å². The van der Waals surface area contributed by atoms with Crippen LogP contribution in [0.4, 0.5) is 4.39 Å². The molecule has 0 spiro atoms. The van der Waals surface area contributed by atoms with Crippen LogP contribution in [-0.2, 0) is 6.54 Å². The molecule has 0 aliphatic carbocycles. The second-order valence-electron chi connectivity index (χ2n) is 5.15. The maximum absolute atomic E-state index is 13.9. The van der Waals surface area contributed by atoms with E-state index >= 15 is 0 Å². The summed E-state index contributed by atoms with van der Waals surface area (Å²) in [4.78, 5) is 17.1. The molecule has 1 atom stereocenters. The zero-order valence-electron chi connectivity index (χ0n) is 11.6. The topological polar surface area (TPSA) is 85.2 Å². The third kappa shape index (κ3) is 2.82. The van der Waals surface area contributed by atoms with Crippen LogP contribution >= 0.6 is 11.6 Å². The Morgan fingerprint density at radius 3 is 3.05 bits per heavy atom. The number of hydrogen-bond donors (Lipinski definition) is 1. The predicted molar refractivity (Wildman–Crippen MR) is 76.6 cm³/mol. The molecular weight excluding hydrogens is 311 g/mol. The number of halogens is 2. The van der Waals surface area contributed by atoms with Gasteiger partial charge in [0.05, 0.1) is 6.04 Å². The van der Waals surface area contributed by atoms with Crippen molar-refractivity contribution in [3.63, 3.8) is 0 Å². The number of nitrogens with zero attached hydrogens (tertiary/aromatic N) is 3. The lowest BCUT2D eigenvalue weighted by molar-refractivity contribution is 0.0987. The van der Waals surface area contributed by atoms with Crippen LogP contribution in [0, 0.1) is 5.82 Å². The molecule has 1 fully saturated rings. The first-order chi connectivity index (χ1) is 10.6. The summed E-state index contributed by atoms with van der Waals surface area (Å²) in [6.07, 6.45) is 1.69. The van der Waals surface area contributed by atoms with E-state index in [1.807, 2.05) is 4.90 Å². The van der Waals surface area contributed by atoms with Gasteiger partial charge in [-0.3, -0.25) is 9.69 Å². The number of benzene rings is 1. The van der Waals surface area contributed by atoms with Crippen LogP contribution in [0.3, 0.4) is 0 Å². The molecule has 3 rings (SSSR count). The second-order valence-corrected chi connectivity index (χ2v) is 5.56.